The third-order valence-electron chi connectivity index (χ3n) is 4.52. The molecule has 0 aromatic heterocycles. The summed E-state index contributed by atoms with van der Waals surface area (Å²) < 4.78 is 43.5. The van der Waals surface area contributed by atoms with E-state index in [2.05, 4.69) is 10.0 Å². The van der Waals surface area contributed by atoms with Crippen molar-refractivity contribution in [2.45, 2.75) is 17.9 Å². The van der Waals surface area contributed by atoms with Crippen molar-refractivity contribution < 1.29 is 27.4 Å². The average Bonchev–Trinajstić information content (AvgIpc) is 2.80. The van der Waals surface area contributed by atoms with Crippen LogP contribution < -0.4 is 24.2 Å². The van der Waals surface area contributed by atoms with Crippen LogP contribution in [0.2, 0.25) is 0 Å². The highest BCUT2D eigenvalue weighted by Gasteiger charge is 2.17. The van der Waals surface area contributed by atoms with Gasteiger partial charge in [-0.2, -0.15) is 0 Å². The summed E-state index contributed by atoms with van der Waals surface area (Å²) in [5.74, 6) is 1.47. The van der Waals surface area contributed by atoms with Gasteiger partial charge in [0.25, 0.3) is 15.9 Å². The Bertz CT molecular complexity index is 1140. The number of carbonyl (C=O) groups excluding carboxylic acids is 1. The summed E-state index contributed by atoms with van der Waals surface area (Å²) in [7, 11) is -0.679. The van der Waals surface area contributed by atoms with Gasteiger partial charge in [0.15, 0.2) is 6.10 Å². The van der Waals surface area contributed by atoms with Gasteiger partial charge in [-0.25, -0.2) is 8.42 Å². The standard InChI is InChI=1S/C23H24N2O6S/c1-16(31-21-12-10-20(30-3)11-13-21)23(26)24-17-6-14-22(15-7-17)32(27,28)25-18-4-8-19(29-2)9-5-18/h4-16,25H,1-3H3,(H,24,26)/t16-/m1/s1. The zero-order valence-electron chi connectivity index (χ0n) is 17.9. The number of amides is 1. The summed E-state index contributed by atoms with van der Waals surface area (Å²) in [5, 5.41) is 2.71. The molecule has 3 aromatic rings. The van der Waals surface area contributed by atoms with Crippen molar-refractivity contribution in [1.29, 1.82) is 0 Å². The molecule has 0 spiro atoms. The zero-order valence-corrected chi connectivity index (χ0v) is 18.7. The molecular weight excluding hydrogens is 432 g/mol. The molecule has 168 valence electrons. The molecule has 1 atom stereocenters. The molecule has 0 bridgehead atoms. The Morgan fingerprint density at radius 1 is 0.750 bits per heavy atom. The van der Waals surface area contributed by atoms with Gasteiger partial charge in [-0.05, 0) is 79.7 Å². The van der Waals surface area contributed by atoms with Crippen molar-refractivity contribution in [3.05, 3.63) is 72.8 Å². The predicted molar refractivity (Wildman–Crippen MR) is 122 cm³/mol. The molecule has 32 heavy (non-hydrogen) atoms. The molecule has 0 aliphatic carbocycles. The van der Waals surface area contributed by atoms with Crippen molar-refractivity contribution in [1.82, 2.24) is 0 Å². The number of benzene rings is 3. The van der Waals surface area contributed by atoms with Crippen LogP contribution in [-0.4, -0.2) is 34.6 Å². The van der Waals surface area contributed by atoms with Crippen LogP contribution in [-0.2, 0) is 14.8 Å². The van der Waals surface area contributed by atoms with E-state index < -0.39 is 16.1 Å². The van der Waals surface area contributed by atoms with Gasteiger partial charge >= 0.3 is 0 Å². The lowest BCUT2D eigenvalue weighted by Crippen LogP contribution is -2.30. The Morgan fingerprint density at radius 3 is 1.75 bits per heavy atom. The lowest BCUT2D eigenvalue weighted by molar-refractivity contribution is -0.122. The summed E-state index contributed by atoms with van der Waals surface area (Å²) in [5.41, 5.74) is 0.858. The number of hydrogen-bond donors (Lipinski definition) is 2. The molecule has 3 rings (SSSR count). The van der Waals surface area contributed by atoms with Crippen LogP contribution in [0.1, 0.15) is 6.92 Å². The second kappa shape index (κ2) is 10.1. The topological polar surface area (TPSA) is 103 Å². The number of hydrogen-bond acceptors (Lipinski definition) is 6. The van der Waals surface area contributed by atoms with Gasteiger partial charge < -0.3 is 19.5 Å². The first-order valence-electron chi connectivity index (χ1n) is 9.69. The van der Waals surface area contributed by atoms with E-state index in [0.29, 0.717) is 28.6 Å². The van der Waals surface area contributed by atoms with Gasteiger partial charge in [0.05, 0.1) is 19.1 Å². The van der Waals surface area contributed by atoms with E-state index in [1.807, 2.05) is 0 Å². The molecule has 2 N–H and O–H groups in total. The highest BCUT2D eigenvalue weighted by Crippen LogP contribution is 2.21. The minimum atomic E-state index is -3.78. The molecule has 0 fully saturated rings. The van der Waals surface area contributed by atoms with E-state index in [1.165, 1.54) is 31.4 Å². The van der Waals surface area contributed by atoms with Crippen LogP contribution in [0.15, 0.2) is 77.7 Å². The second-order valence-electron chi connectivity index (χ2n) is 6.78. The van der Waals surface area contributed by atoms with E-state index >= 15 is 0 Å². The number of sulfonamides is 1. The van der Waals surface area contributed by atoms with E-state index in [9.17, 15) is 13.2 Å². The molecule has 3 aromatic carbocycles. The molecule has 0 saturated carbocycles. The summed E-state index contributed by atoms with van der Waals surface area (Å²) in [6, 6.07) is 19.3. The van der Waals surface area contributed by atoms with Crippen molar-refractivity contribution in [3.63, 3.8) is 0 Å². The number of rotatable bonds is 9. The zero-order chi connectivity index (χ0) is 23.1. The van der Waals surface area contributed by atoms with Gasteiger partial charge in [-0.3, -0.25) is 9.52 Å². The first kappa shape index (κ1) is 23.0. The molecule has 0 heterocycles. The highest BCUT2D eigenvalue weighted by atomic mass is 32.2. The quantitative estimate of drug-likeness (QED) is 0.506. The molecule has 0 aliphatic rings. The monoisotopic (exact) mass is 456 g/mol. The molecule has 9 heteroatoms. The molecule has 0 radical (unpaired) electrons. The van der Waals surface area contributed by atoms with Gasteiger partial charge in [-0.15, -0.1) is 0 Å². The maximum Gasteiger partial charge on any atom is 0.265 e. The van der Waals surface area contributed by atoms with Crippen molar-refractivity contribution >= 4 is 27.3 Å². The smallest absolute Gasteiger partial charge is 0.265 e. The Kier molecular flexibility index (Phi) is 7.21. The predicted octanol–water partition coefficient (Wildman–Crippen LogP) is 3.91. The molecule has 8 nitrogen and oxygen atoms in total. The highest BCUT2D eigenvalue weighted by molar-refractivity contribution is 7.92. The number of methoxy groups -OCH3 is 2. The molecule has 1 amide bonds. The van der Waals surface area contributed by atoms with Crippen LogP contribution in [0.3, 0.4) is 0 Å². The third kappa shape index (κ3) is 5.92. The average molecular weight is 457 g/mol. The maximum absolute atomic E-state index is 12.6. The number of anilines is 2. The van der Waals surface area contributed by atoms with Crippen molar-refractivity contribution in [2.75, 3.05) is 24.3 Å². The lowest BCUT2D eigenvalue weighted by Gasteiger charge is -2.15. The van der Waals surface area contributed by atoms with E-state index in [1.54, 1.807) is 62.6 Å². The van der Waals surface area contributed by atoms with Crippen LogP contribution >= 0.6 is 0 Å². The normalized spacial score (nSPS) is 11.8. The largest absolute Gasteiger partial charge is 0.497 e. The number of carbonyl (C=O) groups is 1. The van der Waals surface area contributed by atoms with E-state index in [0.717, 1.165) is 0 Å². The fraction of sp³-hybridized carbons (Fsp3) is 0.174. The minimum absolute atomic E-state index is 0.0637. The van der Waals surface area contributed by atoms with Gasteiger partial charge in [0.1, 0.15) is 17.2 Å². The Labute approximate surface area is 187 Å². The Morgan fingerprint density at radius 2 is 1.22 bits per heavy atom. The Balaban J connectivity index is 1.60. The lowest BCUT2D eigenvalue weighted by atomic mass is 10.3. The number of nitrogens with one attached hydrogen (secondary N) is 2. The molecule has 0 saturated heterocycles. The van der Waals surface area contributed by atoms with Crippen LogP contribution in [0.4, 0.5) is 11.4 Å². The fourth-order valence-corrected chi connectivity index (χ4v) is 3.81. The summed E-state index contributed by atoms with van der Waals surface area (Å²) in [6.07, 6.45) is -0.761. The Hall–Kier alpha value is -3.72. The summed E-state index contributed by atoms with van der Waals surface area (Å²) >= 11 is 0. The second-order valence-corrected chi connectivity index (χ2v) is 8.47. The van der Waals surface area contributed by atoms with E-state index in [4.69, 9.17) is 14.2 Å². The van der Waals surface area contributed by atoms with Gasteiger partial charge in [0, 0.05) is 11.4 Å². The van der Waals surface area contributed by atoms with Gasteiger partial charge in [-0.1, -0.05) is 0 Å². The summed E-state index contributed by atoms with van der Waals surface area (Å²) in [6.45, 7) is 1.62. The first-order valence-corrected chi connectivity index (χ1v) is 11.2. The maximum atomic E-state index is 12.6. The summed E-state index contributed by atoms with van der Waals surface area (Å²) in [4.78, 5) is 12.5. The fourth-order valence-electron chi connectivity index (χ4n) is 2.75. The van der Waals surface area contributed by atoms with Crippen LogP contribution in [0.5, 0.6) is 17.2 Å². The van der Waals surface area contributed by atoms with Crippen LogP contribution in [0, 0.1) is 0 Å². The molecule has 0 unspecified atom stereocenters. The van der Waals surface area contributed by atoms with Crippen molar-refractivity contribution in [2.24, 2.45) is 0 Å². The number of ether oxygens (including phenoxy) is 3. The van der Waals surface area contributed by atoms with Crippen LogP contribution in [0.25, 0.3) is 0 Å². The molecular formula is C23H24N2O6S. The van der Waals surface area contributed by atoms with E-state index in [-0.39, 0.29) is 10.8 Å². The van der Waals surface area contributed by atoms with Gasteiger partial charge in [0.2, 0.25) is 0 Å². The third-order valence-corrected chi connectivity index (χ3v) is 5.91. The first-order chi connectivity index (χ1) is 15.3. The SMILES string of the molecule is COc1ccc(NS(=O)(=O)c2ccc(NC(=O)[C@@H](C)Oc3ccc(OC)cc3)cc2)cc1. The van der Waals surface area contributed by atoms with Crippen molar-refractivity contribution in [3.8, 4) is 17.2 Å². The minimum Gasteiger partial charge on any atom is -0.497 e. The molecule has 0 aliphatic heterocycles.